The molecule has 0 aromatic heterocycles. The van der Waals surface area contributed by atoms with Gasteiger partial charge in [0.25, 0.3) is 0 Å². The maximum Gasteiger partial charge on any atom is 0.167 e. The maximum atomic E-state index is 9.69. The Kier molecular flexibility index (Phi) is 10.8. The summed E-state index contributed by atoms with van der Waals surface area (Å²) in [6.07, 6.45) is 1.31. The zero-order valence-electron chi connectivity index (χ0n) is 14.3. The molecular weight excluding hydrogens is 258 g/mol. The molecule has 0 spiro atoms. The van der Waals surface area contributed by atoms with E-state index in [0.29, 0.717) is 5.76 Å². The van der Waals surface area contributed by atoms with E-state index in [4.69, 9.17) is 9.68 Å². The van der Waals surface area contributed by atoms with Crippen LogP contribution in [0.25, 0.3) is 0 Å². The number of aliphatic hydroxyl groups is 2. The molecular formula is C15H33NO4. The molecule has 0 aromatic rings. The van der Waals surface area contributed by atoms with Crippen molar-refractivity contribution in [2.75, 3.05) is 0 Å². The Hall–Kier alpha value is -0.780. The summed E-state index contributed by atoms with van der Waals surface area (Å²) in [4.78, 5) is 10.3. The van der Waals surface area contributed by atoms with Gasteiger partial charge in [0.2, 0.25) is 0 Å². The molecule has 122 valence electrons. The standard InChI is InChI=1S/C11H21NO4.2C2H6/c1-5-10(2,3)16-12-15-9-7-11(4,14)6-8(9)13;2*1-2/h12-14H,5-7H2,1-4H3;2*1-2H3. The zero-order chi connectivity index (χ0) is 16.4. The highest BCUT2D eigenvalue weighted by atomic mass is 16.9. The molecule has 20 heavy (non-hydrogen) atoms. The Bertz CT molecular complexity index is 286. The fourth-order valence-electron chi connectivity index (χ4n) is 1.32. The molecule has 1 rings (SSSR count). The SMILES string of the molecule is CC.CC.CCC(C)(C)ONOC1=C(O)CC(C)(O)C1. The van der Waals surface area contributed by atoms with E-state index >= 15 is 0 Å². The highest BCUT2D eigenvalue weighted by Gasteiger charge is 2.34. The lowest BCUT2D eigenvalue weighted by molar-refractivity contribution is -0.212. The lowest BCUT2D eigenvalue weighted by Crippen LogP contribution is -2.31. The number of rotatable bonds is 5. The van der Waals surface area contributed by atoms with Gasteiger partial charge in [0.1, 0.15) is 5.76 Å². The van der Waals surface area contributed by atoms with Crippen LogP contribution in [0.2, 0.25) is 0 Å². The predicted molar refractivity (Wildman–Crippen MR) is 81.9 cm³/mol. The third kappa shape index (κ3) is 8.40. The minimum atomic E-state index is -0.929. The van der Waals surface area contributed by atoms with Crippen molar-refractivity contribution in [3.8, 4) is 0 Å². The molecule has 0 fully saturated rings. The Balaban J connectivity index is 0. The highest BCUT2D eigenvalue weighted by Crippen LogP contribution is 2.33. The van der Waals surface area contributed by atoms with Crippen molar-refractivity contribution < 1.29 is 19.9 Å². The minimum absolute atomic E-state index is 0.0652. The molecule has 1 aliphatic rings. The zero-order valence-corrected chi connectivity index (χ0v) is 14.3. The predicted octanol–water partition coefficient (Wildman–Crippen LogP) is 3.99. The number of aliphatic hydroxyl groups excluding tert-OH is 1. The van der Waals surface area contributed by atoms with Crippen LogP contribution < -0.4 is 5.64 Å². The van der Waals surface area contributed by atoms with Crippen molar-refractivity contribution in [1.29, 1.82) is 0 Å². The molecule has 0 saturated heterocycles. The van der Waals surface area contributed by atoms with Crippen LogP contribution in [0.15, 0.2) is 11.5 Å². The lowest BCUT2D eigenvalue weighted by Gasteiger charge is -2.23. The molecule has 1 aliphatic carbocycles. The normalized spacial score (nSPS) is 21.6. The Morgan fingerprint density at radius 1 is 1.20 bits per heavy atom. The van der Waals surface area contributed by atoms with Gasteiger partial charge in [-0.1, -0.05) is 34.6 Å². The highest BCUT2D eigenvalue weighted by molar-refractivity contribution is 5.14. The van der Waals surface area contributed by atoms with E-state index in [1.165, 1.54) is 0 Å². The summed E-state index contributed by atoms with van der Waals surface area (Å²) in [7, 11) is 0. The van der Waals surface area contributed by atoms with Crippen LogP contribution in [0.4, 0.5) is 0 Å². The molecule has 0 bridgehead atoms. The van der Waals surface area contributed by atoms with Crippen molar-refractivity contribution in [1.82, 2.24) is 5.64 Å². The van der Waals surface area contributed by atoms with Crippen molar-refractivity contribution in [3.63, 3.8) is 0 Å². The third-order valence-electron chi connectivity index (χ3n) is 2.75. The van der Waals surface area contributed by atoms with Crippen LogP contribution in [-0.2, 0) is 9.68 Å². The van der Waals surface area contributed by atoms with Crippen LogP contribution in [0, 0.1) is 0 Å². The fourth-order valence-corrected chi connectivity index (χ4v) is 1.32. The summed E-state index contributed by atoms with van der Waals surface area (Å²) < 4.78 is 0. The van der Waals surface area contributed by atoms with Crippen molar-refractivity contribution in [2.45, 2.75) is 85.9 Å². The third-order valence-corrected chi connectivity index (χ3v) is 2.75. The molecule has 0 radical (unpaired) electrons. The largest absolute Gasteiger partial charge is 0.509 e. The number of hydrogen-bond donors (Lipinski definition) is 3. The Labute approximate surface area is 123 Å². The maximum absolute atomic E-state index is 9.69. The summed E-state index contributed by atoms with van der Waals surface area (Å²) >= 11 is 0. The second kappa shape index (κ2) is 10.0. The molecule has 5 heteroatoms. The smallest absolute Gasteiger partial charge is 0.167 e. The van der Waals surface area contributed by atoms with Gasteiger partial charge in [-0.2, -0.15) is 0 Å². The summed E-state index contributed by atoms with van der Waals surface area (Å²) in [5.41, 5.74) is 1.09. The average Bonchev–Trinajstić information content (AvgIpc) is 2.67. The molecule has 0 aromatic carbocycles. The lowest BCUT2D eigenvalue weighted by atomic mass is 10.1. The molecule has 0 heterocycles. The molecule has 0 amide bonds. The van der Waals surface area contributed by atoms with Crippen LogP contribution in [0.5, 0.6) is 0 Å². The summed E-state index contributed by atoms with van der Waals surface area (Å²) in [5, 5.41) is 19.2. The first kappa shape index (κ1) is 21.5. The molecule has 0 saturated carbocycles. The average molecular weight is 291 g/mol. The monoisotopic (exact) mass is 291 g/mol. The molecule has 5 nitrogen and oxygen atoms in total. The van der Waals surface area contributed by atoms with Crippen LogP contribution in [0.1, 0.15) is 74.7 Å². The Morgan fingerprint density at radius 3 is 2.05 bits per heavy atom. The second-order valence-electron chi connectivity index (χ2n) is 5.12. The van der Waals surface area contributed by atoms with Crippen LogP contribution >= 0.6 is 0 Å². The first-order valence-electron chi connectivity index (χ1n) is 7.49. The summed E-state index contributed by atoms with van der Waals surface area (Å²) in [6.45, 7) is 15.5. The van der Waals surface area contributed by atoms with Gasteiger partial charge in [-0.25, -0.2) is 0 Å². The summed E-state index contributed by atoms with van der Waals surface area (Å²) in [6, 6.07) is 0. The van der Waals surface area contributed by atoms with Crippen molar-refractivity contribution in [2.24, 2.45) is 0 Å². The molecule has 1 atom stereocenters. The quantitative estimate of drug-likeness (QED) is 0.668. The van der Waals surface area contributed by atoms with E-state index in [1.807, 2.05) is 48.5 Å². The second-order valence-corrected chi connectivity index (χ2v) is 5.12. The Morgan fingerprint density at radius 2 is 1.70 bits per heavy atom. The number of hydrogen-bond acceptors (Lipinski definition) is 5. The van der Waals surface area contributed by atoms with Gasteiger partial charge < -0.3 is 15.1 Å². The van der Waals surface area contributed by atoms with Crippen LogP contribution in [-0.4, -0.2) is 21.4 Å². The molecule has 0 aliphatic heterocycles. The first-order chi connectivity index (χ1) is 9.26. The van der Waals surface area contributed by atoms with E-state index in [0.717, 1.165) is 6.42 Å². The van der Waals surface area contributed by atoms with Gasteiger partial charge in [0, 0.05) is 12.8 Å². The van der Waals surface area contributed by atoms with Crippen molar-refractivity contribution >= 4 is 0 Å². The first-order valence-corrected chi connectivity index (χ1v) is 7.49. The van der Waals surface area contributed by atoms with Gasteiger partial charge in [0.05, 0.1) is 11.2 Å². The van der Waals surface area contributed by atoms with E-state index in [2.05, 4.69) is 5.64 Å². The minimum Gasteiger partial charge on any atom is -0.509 e. The molecule has 3 N–H and O–H groups in total. The van der Waals surface area contributed by atoms with E-state index in [9.17, 15) is 10.2 Å². The van der Waals surface area contributed by atoms with Gasteiger partial charge in [-0.05, 0) is 32.8 Å². The summed E-state index contributed by atoms with van der Waals surface area (Å²) in [5.74, 6) is 0.396. The molecule has 1 unspecified atom stereocenters. The van der Waals surface area contributed by atoms with E-state index in [-0.39, 0.29) is 24.2 Å². The van der Waals surface area contributed by atoms with Gasteiger partial charge in [-0.15, -0.1) is 0 Å². The van der Waals surface area contributed by atoms with Gasteiger partial charge in [0.15, 0.2) is 5.76 Å². The van der Waals surface area contributed by atoms with E-state index in [1.54, 1.807) is 6.92 Å². The van der Waals surface area contributed by atoms with Crippen molar-refractivity contribution in [3.05, 3.63) is 11.5 Å². The van der Waals surface area contributed by atoms with Crippen LogP contribution in [0.3, 0.4) is 0 Å². The van der Waals surface area contributed by atoms with Gasteiger partial charge in [-0.3, -0.25) is 4.84 Å². The number of nitrogens with one attached hydrogen (secondary N) is 1. The van der Waals surface area contributed by atoms with E-state index < -0.39 is 5.60 Å². The fraction of sp³-hybridized carbons (Fsp3) is 0.867. The van der Waals surface area contributed by atoms with Gasteiger partial charge >= 0.3 is 0 Å². The topological polar surface area (TPSA) is 71.0 Å².